The van der Waals surface area contributed by atoms with Crippen LogP contribution in [0.5, 0.6) is 0 Å². The van der Waals surface area contributed by atoms with Gasteiger partial charge in [-0.05, 0) is 36.2 Å². The first kappa shape index (κ1) is 17.4. The molecular formula is C15H17ClN4O2S. The Morgan fingerprint density at radius 2 is 1.91 bits per heavy atom. The molecule has 0 atom stereocenters. The van der Waals surface area contributed by atoms with E-state index in [2.05, 4.69) is 16.0 Å². The van der Waals surface area contributed by atoms with E-state index in [0.29, 0.717) is 11.4 Å². The summed E-state index contributed by atoms with van der Waals surface area (Å²) in [6, 6.07) is 7.21. The molecule has 23 heavy (non-hydrogen) atoms. The number of amides is 2. The van der Waals surface area contributed by atoms with Gasteiger partial charge >= 0.3 is 0 Å². The highest BCUT2D eigenvalue weighted by molar-refractivity contribution is 8.00. The second kappa shape index (κ2) is 8.59. The van der Waals surface area contributed by atoms with E-state index in [0.717, 1.165) is 10.5 Å². The van der Waals surface area contributed by atoms with E-state index >= 15 is 0 Å². The molecule has 0 bridgehead atoms. The number of aryl methyl sites for hydroxylation is 2. The third-order valence-electron chi connectivity index (χ3n) is 2.92. The van der Waals surface area contributed by atoms with Gasteiger partial charge in [-0.15, -0.1) is 11.8 Å². The number of carbonyl (C=O) groups excluding carboxylic acids is 2. The molecule has 2 amide bonds. The molecule has 1 aromatic heterocycles. The van der Waals surface area contributed by atoms with Crippen LogP contribution in [-0.4, -0.2) is 27.3 Å². The minimum Gasteiger partial charge on any atom is -0.276 e. The van der Waals surface area contributed by atoms with Crippen LogP contribution in [0.15, 0.2) is 41.6 Å². The van der Waals surface area contributed by atoms with E-state index in [1.165, 1.54) is 11.8 Å². The maximum atomic E-state index is 11.7. The first-order valence-electron chi connectivity index (χ1n) is 6.96. The smallest absolute Gasteiger partial charge is 0.248 e. The molecule has 0 saturated carbocycles. The molecule has 2 aromatic rings. The average molecular weight is 353 g/mol. The van der Waals surface area contributed by atoms with Crippen molar-refractivity contribution in [1.29, 1.82) is 0 Å². The van der Waals surface area contributed by atoms with Crippen molar-refractivity contribution >= 4 is 35.2 Å². The van der Waals surface area contributed by atoms with E-state index in [1.54, 1.807) is 23.0 Å². The second-order valence-corrected chi connectivity index (χ2v) is 6.35. The molecular weight excluding hydrogens is 336 g/mol. The third-order valence-corrected chi connectivity index (χ3v) is 4.19. The van der Waals surface area contributed by atoms with Gasteiger partial charge in [-0.2, -0.15) is 5.10 Å². The SMILES string of the molecule is Cn1cc(CCC(=O)NNC(=O)CSc2ccc(Cl)cc2)cn1. The Morgan fingerprint density at radius 3 is 2.57 bits per heavy atom. The van der Waals surface area contributed by atoms with Crippen molar-refractivity contribution in [3.8, 4) is 0 Å². The molecule has 2 rings (SSSR count). The molecule has 122 valence electrons. The molecule has 0 unspecified atom stereocenters. The number of halogens is 1. The highest BCUT2D eigenvalue weighted by atomic mass is 35.5. The fourth-order valence-corrected chi connectivity index (χ4v) is 2.60. The Bertz CT molecular complexity index is 672. The van der Waals surface area contributed by atoms with Crippen LogP contribution in [0.25, 0.3) is 0 Å². The Morgan fingerprint density at radius 1 is 1.22 bits per heavy atom. The summed E-state index contributed by atoms with van der Waals surface area (Å²) in [6.45, 7) is 0. The van der Waals surface area contributed by atoms with Gasteiger partial charge in [-0.3, -0.25) is 25.1 Å². The van der Waals surface area contributed by atoms with Crippen molar-refractivity contribution in [2.24, 2.45) is 7.05 Å². The van der Waals surface area contributed by atoms with Gasteiger partial charge in [0.25, 0.3) is 0 Å². The van der Waals surface area contributed by atoms with Crippen molar-refractivity contribution < 1.29 is 9.59 Å². The first-order chi connectivity index (χ1) is 11.0. The predicted octanol–water partition coefficient (Wildman–Crippen LogP) is 1.95. The summed E-state index contributed by atoms with van der Waals surface area (Å²) in [6.07, 6.45) is 4.44. The van der Waals surface area contributed by atoms with Gasteiger partial charge < -0.3 is 0 Å². The summed E-state index contributed by atoms with van der Waals surface area (Å²) in [7, 11) is 1.82. The zero-order valence-corrected chi connectivity index (χ0v) is 14.2. The third kappa shape index (κ3) is 6.33. The van der Waals surface area contributed by atoms with Gasteiger partial charge in [0.2, 0.25) is 11.8 Å². The molecule has 1 heterocycles. The van der Waals surface area contributed by atoms with Crippen LogP contribution in [-0.2, 0) is 23.1 Å². The van der Waals surface area contributed by atoms with Crippen molar-refractivity contribution in [3.63, 3.8) is 0 Å². The van der Waals surface area contributed by atoms with Crippen LogP contribution >= 0.6 is 23.4 Å². The number of nitrogens with one attached hydrogen (secondary N) is 2. The molecule has 0 spiro atoms. The fourth-order valence-electron chi connectivity index (χ4n) is 1.78. The normalized spacial score (nSPS) is 10.3. The zero-order chi connectivity index (χ0) is 16.7. The van der Waals surface area contributed by atoms with E-state index < -0.39 is 0 Å². The molecule has 0 saturated heterocycles. The Hall–Kier alpha value is -1.99. The Kier molecular flexibility index (Phi) is 6.49. The number of benzene rings is 1. The highest BCUT2D eigenvalue weighted by Gasteiger charge is 2.07. The summed E-state index contributed by atoms with van der Waals surface area (Å²) in [5.41, 5.74) is 5.78. The Balaban J connectivity index is 1.63. The summed E-state index contributed by atoms with van der Waals surface area (Å²) in [5, 5.41) is 4.68. The number of hydrazine groups is 1. The standard InChI is InChI=1S/C15H17ClN4O2S/c1-20-9-11(8-17-20)2-7-14(21)18-19-15(22)10-23-13-5-3-12(16)4-6-13/h3-6,8-9H,2,7,10H2,1H3,(H,18,21)(H,19,22). The van der Waals surface area contributed by atoms with Crippen molar-refractivity contribution in [1.82, 2.24) is 20.6 Å². The lowest BCUT2D eigenvalue weighted by molar-refractivity contribution is -0.127. The van der Waals surface area contributed by atoms with Crippen molar-refractivity contribution in [2.75, 3.05) is 5.75 Å². The largest absolute Gasteiger partial charge is 0.276 e. The second-order valence-electron chi connectivity index (χ2n) is 4.86. The van der Waals surface area contributed by atoms with Gasteiger partial charge in [-0.1, -0.05) is 11.6 Å². The monoisotopic (exact) mass is 352 g/mol. The lowest BCUT2D eigenvalue weighted by atomic mass is 10.2. The van der Waals surface area contributed by atoms with E-state index in [1.807, 2.05) is 25.4 Å². The molecule has 6 nitrogen and oxygen atoms in total. The average Bonchev–Trinajstić information content (AvgIpc) is 2.96. The maximum absolute atomic E-state index is 11.7. The number of rotatable bonds is 6. The first-order valence-corrected chi connectivity index (χ1v) is 8.33. The summed E-state index contributed by atoms with van der Waals surface area (Å²) in [4.78, 5) is 24.3. The fraction of sp³-hybridized carbons (Fsp3) is 0.267. The molecule has 0 aliphatic carbocycles. The van der Waals surface area contributed by atoms with Crippen LogP contribution < -0.4 is 10.9 Å². The molecule has 2 N–H and O–H groups in total. The molecule has 0 aliphatic rings. The van der Waals surface area contributed by atoms with Crippen molar-refractivity contribution in [2.45, 2.75) is 17.7 Å². The summed E-state index contributed by atoms with van der Waals surface area (Å²) < 4.78 is 1.68. The number of carbonyl (C=O) groups is 2. The van der Waals surface area contributed by atoms with Crippen LogP contribution in [0.4, 0.5) is 0 Å². The van der Waals surface area contributed by atoms with Crippen LogP contribution in [0, 0.1) is 0 Å². The molecule has 0 radical (unpaired) electrons. The molecule has 0 aliphatic heterocycles. The predicted molar refractivity (Wildman–Crippen MR) is 90.0 cm³/mol. The van der Waals surface area contributed by atoms with E-state index in [9.17, 15) is 9.59 Å². The van der Waals surface area contributed by atoms with Gasteiger partial charge in [-0.25, -0.2) is 0 Å². The molecule has 8 heteroatoms. The minimum atomic E-state index is -0.264. The zero-order valence-electron chi connectivity index (χ0n) is 12.6. The van der Waals surface area contributed by atoms with Crippen molar-refractivity contribution in [3.05, 3.63) is 47.2 Å². The highest BCUT2D eigenvalue weighted by Crippen LogP contribution is 2.19. The van der Waals surface area contributed by atoms with Crippen LogP contribution in [0.1, 0.15) is 12.0 Å². The van der Waals surface area contributed by atoms with Gasteiger partial charge in [0.05, 0.1) is 11.9 Å². The molecule has 0 fully saturated rings. The minimum absolute atomic E-state index is 0.213. The topological polar surface area (TPSA) is 76.0 Å². The van der Waals surface area contributed by atoms with Gasteiger partial charge in [0, 0.05) is 29.6 Å². The maximum Gasteiger partial charge on any atom is 0.248 e. The number of hydrogen-bond donors (Lipinski definition) is 2. The Labute approximate surface area is 143 Å². The lowest BCUT2D eigenvalue weighted by Crippen LogP contribution is -2.42. The van der Waals surface area contributed by atoms with E-state index in [-0.39, 0.29) is 24.0 Å². The number of thioether (sulfide) groups is 1. The quantitative estimate of drug-likeness (QED) is 0.615. The van der Waals surface area contributed by atoms with E-state index in [4.69, 9.17) is 11.6 Å². The number of aromatic nitrogens is 2. The number of hydrogen-bond acceptors (Lipinski definition) is 4. The summed E-state index contributed by atoms with van der Waals surface area (Å²) >= 11 is 7.16. The van der Waals surface area contributed by atoms with Crippen LogP contribution in [0.3, 0.4) is 0 Å². The van der Waals surface area contributed by atoms with Crippen LogP contribution in [0.2, 0.25) is 5.02 Å². The summed E-state index contributed by atoms with van der Waals surface area (Å²) in [5.74, 6) is -0.289. The van der Waals surface area contributed by atoms with Gasteiger partial charge in [0.15, 0.2) is 0 Å². The molecule has 1 aromatic carbocycles. The number of nitrogens with zero attached hydrogens (tertiary/aromatic N) is 2. The lowest BCUT2D eigenvalue weighted by Gasteiger charge is -2.07. The van der Waals surface area contributed by atoms with Gasteiger partial charge in [0.1, 0.15) is 0 Å².